The molecule has 1 heterocycles. The lowest BCUT2D eigenvalue weighted by molar-refractivity contribution is -0.119. The van der Waals surface area contributed by atoms with Crippen LogP contribution in [0.4, 0.5) is 5.69 Å². The first kappa shape index (κ1) is 12.7. The average Bonchev–Trinajstić information content (AvgIpc) is 2.57. The largest absolute Gasteiger partial charge is 0.330 e. The Balaban J connectivity index is 2.57. The molecule has 1 amide bonds. The number of anilines is 1. The first-order valence-corrected chi connectivity index (χ1v) is 5.58. The molecule has 0 aliphatic rings. The summed E-state index contributed by atoms with van der Waals surface area (Å²) in [5, 5.41) is 9.76. The third-order valence-corrected chi connectivity index (χ3v) is 2.67. The summed E-state index contributed by atoms with van der Waals surface area (Å²) < 4.78 is 0. The summed E-state index contributed by atoms with van der Waals surface area (Å²) in [4.78, 5) is 11.8. The molecule has 0 aromatic carbocycles. The number of nitrogens with two attached hydrogens (primary N) is 1. The third-order valence-electron chi connectivity index (χ3n) is 2.67. The number of H-pyrrole nitrogens is 1. The van der Waals surface area contributed by atoms with Gasteiger partial charge in [0.2, 0.25) is 5.91 Å². The van der Waals surface area contributed by atoms with Crippen LogP contribution in [0.5, 0.6) is 0 Å². The second-order valence-electron chi connectivity index (χ2n) is 4.13. The highest BCUT2D eigenvalue weighted by Gasteiger charge is 2.15. The van der Waals surface area contributed by atoms with E-state index in [0.717, 1.165) is 29.9 Å². The number of nitrogens with one attached hydrogen (secondary N) is 2. The van der Waals surface area contributed by atoms with Gasteiger partial charge in [-0.3, -0.25) is 9.89 Å². The smallest absolute Gasteiger partial charge is 0.227 e. The van der Waals surface area contributed by atoms with Crippen LogP contribution >= 0.6 is 0 Å². The van der Waals surface area contributed by atoms with Crippen molar-refractivity contribution in [2.45, 2.75) is 33.6 Å². The Labute approximate surface area is 95.8 Å². The van der Waals surface area contributed by atoms with Gasteiger partial charge in [0.05, 0.1) is 17.1 Å². The van der Waals surface area contributed by atoms with Crippen LogP contribution in [0.2, 0.25) is 0 Å². The van der Waals surface area contributed by atoms with Crippen molar-refractivity contribution >= 4 is 11.6 Å². The van der Waals surface area contributed by atoms with Crippen LogP contribution in [-0.2, 0) is 4.79 Å². The molecule has 0 aliphatic carbocycles. The van der Waals surface area contributed by atoms with Crippen LogP contribution in [0.25, 0.3) is 0 Å². The third kappa shape index (κ3) is 3.06. The van der Waals surface area contributed by atoms with Crippen LogP contribution in [0.1, 0.15) is 31.2 Å². The van der Waals surface area contributed by atoms with Crippen LogP contribution in [0.15, 0.2) is 0 Å². The van der Waals surface area contributed by atoms with Crippen LogP contribution in [0.3, 0.4) is 0 Å². The molecule has 1 atom stereocenters. The Bertz CT molecular complexity index is 339. The van der Waals surface area contributed by atoms with E-state index in [1.807, 2.05) is 20.8 Å². The van der Waals surface area contributed by atoms with Crippen molar-refractivity contribution in [3.05, 3.63) is 11.4 Å². The van der Waals surface area contributed by atoms with Gasteiger partial charge in [0.25, 0.3) is 0 Å². The maximum absolute atomic E-state index is 11.8. The molecule has 1 unspecified atom stereocenters. The molecule has 1 rings (SSSR count). The van der Waals surface area contributed by atoms with Gasteiger partial charge in [0.15, 0.2) is 0 Å². The summed E-state index contributed by atoms with van der Waals surface area (Å²) in [6, 6.07) is 0. The van der Waals surface area contributed by atoms with E-state index in [9.17, 15) is 4.79 Å². The molecule has 1 aromatic heterocycles. The summed E-state index contributed by atoms with van der Waals surface area (Å²) >= 11 is 0. The average molecular weight is 224 g/mol. The number of nitrogens with zero attached hydrogens (tertiary/aromatic N) is 1. The number of hydrogen-bond acceptors (Lipinski definition) is 3. The first-order chi connectivity index (χ1) is 7.56. The molecule has 0 fully saturated rings. The minimum atomic E-state index is -0.0164. The lowest BCUT2D eigenvalue weighted by Crippen LogP contribution is -2.21. The van der Waals surface area contributed by atoms with Crippen molar-refractivity contribution in [1.82, 2.24) is 10.2 Å². The molecule has 5 nitrogen and oxygen atoms in total. The van der Waals surface area contributed by atoms with Gasteiger partial charge in [-0.2, -0.15) is 5.10 Å². The monoisotopic (exact) mass is 224 g/mol. The van der Waals surface area contributed by atoms with E-state index >= 15 is 0 Å². The molecule has 4 N–H and O–H groups in total. The Morgan fingerprint density at radius 3 is 2.75 bits per heavy atom. The number of aromatic amines is 1. The number of aryl methyl sites for hydroxylation is 2. The zero-order valence-electron chi connectivity index (χ0n) is 10.1. The highest BCUT2D eigenvalue weighted by Crippen LogP contribution is 2.17. The van der Waals surface area contributed by atoms with Crippen LogP contribution in [0, 0.1) is 19.8 Å². The molecule has 0 spiro atoms. The lowest BCUT2D eigenvalue weighted by atomic mass is 10.0. The van der Waals surface area contributed by atoms with Gasteiger partial charge in [0, 0.05) is 5.92 Å². The Morgan fingerprint density at radius 2 is 2.25 bits per heavy atom. The molecule has 1 aromatic rings. The minimum Gasteiger partial charge on any atom is -0.330 e. The predicted octanol–water partition coefficient (Wildman–Crippen LogP) is 1.34. The standard InChI is InChI=1S/C11H20N4O/c1-7(5-4-6-12)11(16)13-10-8(2)14-15-9(10)3/h7H,4-6,12H2,1-3H3,(H,13,16)(H,14,15). The normalized spacial score (nSPS) is 12.5. The van der Waals surface area contributed by atoms with E-state index in [-0.39, 0.29) is 11.8 Å². The van der Waals surface area contributed by atoms with E-state index in [4.69, 9.17) is 5.73 Å². The number of amides is 1. The fourth-order valence-electron chi connectivity index (χ4n) is 1.54. The summed E-state index contributed by atoms with van der Waals surface area (Å²) in [5.74, 6) is 0.0123. The zero-order valence-corrected chi connectivity index (χ0v) is 10.1. The van der Waals surface area contributed by atoms with Crippen molar-refractivity contribution in [2.24, 2.45) is 11.7 Å². The minimum absolute atomic E-state index is 0.0164. The Morgan fingerprint density at radius 1 is 1.56 bits per heavy atom. The number of hydrogen-bond donors (Lipinski definition) is 3. The van der Waals surface area contributed by atoms with Crippen molar-refractivity contribution in [3.63, 3.8) is 0 Å². The maximum Gasteiger partial charge on any atom is 0.227 e. The quantitative estimate of drug-likeness (QED) is 0.705. The first-order valence-electron chi connectivity index (χ1n) is 5.58. The van der Waals surface area contributed by atoms with E-state index in [0.29, 0.717) is 6.54 Å². The van der Waals surface area contributed by atoms with Gasteiger partial charge in [-0.25, -0.2) is 0 Å². The lowest BCUT2D eigenvalue weighted by Gasteiger charge is -2.11. The van der Waals surface area contributed by atoms with Gasteiger partial charge in [0.1, 0.15) is 0 Å². The number of aromatic nitrogens is 2. The van der Waals surface area contributed by atoms with Gasteiger partial charge in [-0.15, -0.1) is 0 Å². The molecule has 16 heavy (non-hydrogen) atoms. The van der Waals surface area contributed by atoms with Crippen LogP contribution in [-0.4, -0.2) is 22.6 Å². The molecular formula is C11H20N4O. The zero-order chi connectivity index (χ0) is 12.1. The fourth-order valence-corrected chi connectivity index (χ4v) is 1.54. The van der Waals surface area contributed by atoms with Gasteiger partial charge in [-0.1, -0.05) is 6.92 Å². The van der Waals surface area contributed by atoms with E-state index in [2.05, 4.69) is 15.5 Å². The van der Waals surface area contributed by atoms with Gasteiger partial charge >= 0.3 is 0 Å². The Hall–Kier alpha value is -1.36. The molecule has 0 bridgehead atoms. The molecular weight excluding hydrogens is 204 g/mol. The molecule has 0 radical (unpaired) electrons. The second-order valence-corrected chi connectivity index (χ2v) is 4.13. The molecule has 90 valence electrons. The van der Waals surface area contributed by atoms with Crippen LogP contribution < -0.4 is 11.1 Å². The topological polar surface area (TPSA) is 83.8 Å². The highest BCUT2D eigenvalue weighted by molar-refractivity contribution is 5.93. The summed E-state index contributed by atoms with van der Waals surface area (Å²) in [5.41, 5.74) is 7.91. The molecule has 5 heteroatoms. The van der Waals surface area contributed by atoms with E-state index in [1.165, 1.54) is 0 Å². The number of rotatable bonds is 5. The number of carbonyl (C=O) groups is 1. The van der Waals surface area contributed by atoms with Crippen molar-refractivity contribution < 1.29 is 4.79 Å². The SMILES string of the molecule is Cc1n[nH]c(C)c1NC(=O)C(C)CCCN. The molecule has 0 saturated carbocycles. The van der Waals surface area contributed by atoms with E-state index in [1.54, 1.807) is 0 Å². The fraction of sp³-hybridized carbons (Fsp3) is 0.636. The Kier molecular flexibility index (Phi) is 4.49. The summed E-state index contributed by atoms with van der Waals surface area (Å²) in [6.45, 7) is 6.29. The van der Waals surface area contributed by atoms with Crippen molar-refractivity contribution in [3.8, 4) is 0 Å². The van der Waals surface area contributed by atoms with Crippen molar-refractivity contribution in [2.75, 3.05) is 11.9 Å². The van der Waals surface area contributed by atoms with Crippen molar-refractivity contribution in [1.29, 1.82) is 0 Å². The predicted molar refractivity (Wildman–Crippen MR) is 64.1 cm³/mol. The highest BCUT2D eigenvalue weighted by atomic mass is 16.1. The van der Waals surface area contributed by atoms with E-state index < -0.39 is 0 Å². The summed E-state index contributed by atoms with van der Waals surface area (Å²) in [6.07, 6.45) is 1.69. The molecule has 0 aliphatic heterocycles. The van der Waals surface area contributed by atoms with Gasteiger partial charge in [-0.05, 0) is 33.2 Å². The number of carbonyl (C=O) groups excluding carboxylic acids is 1. The second kappa shape index (κ2) is 5.65. The molecule has 0 saturated heterocycles. The maximum atomic E-state index is 11.8. The van der Waals surface area contributed by atoms with Gasteiger partial charge < -0.3 is 11.1 Å². The summed E-state index contributed by atoms with van der Waals surface area (Å²) in [7, 11) is 0.